The second-order valence-corrected chi connectivity index (χ2v) is 6.46. The number of carbonyl (C=O) groups excluding carboxylic acids is 1. The van der Waals surface area contributed by atoms with Crippen LogP contribution in [0.15, 0.2) is 48.5 Å². The van der Waals surface area contributed by atoms with E-state index in [0.29, 0.717) is 11.3 Å². The van der Waals surface area contributed by atoms with Crippen LogP contribution in [0.2, 0.25) is 0 Å². The first-order chi connectivity index (χ1) is 11.6. The number of para-hydroxylation sites is 1. The summed E-state index contributed by atoms with van der Waals surface area (Å²) < 4.78 is 6.09. The maximum Gasteiger partial charge on any atom is 0.252 e. The van der Waals surface area contributed by atoms with E-state index in [1.165, 1.54) is 11.1 Å². The van der Waals surface area contributed by atoms with E-state index in [4.69, 9.17) is 10.5 Å². The molecule has 1 fully saturated rings. The van der Waals surface area contributed by atoms with Crippen LogP contribution in [0.1, 0.15) is 34.3 Å². The molecule has 1 atom stereocenters. The number of nitrogens with two attached hydrogens (primary N) is 1. The molecular formula is C20H24N2O2. The van der Waals surface area contributed by atoms with Crippen LogP contribution in [-0.2, 0) is 6.54 Å². The molecule has 0 radical (unpaired) electrons. The Kier molecular flexibility index (Phi) is 5.16. The third-order valence-corrected chi connectivity index (χ3v) is 4.44. The average Bonchev–Trinajstić information content (AvgIpc) is 2.58. The van der Waals surface area contributed by atoms with E-state index in [1.807, 2.05) is 12.1 Å². The largest absolute Gasteiger partial charge is 0.488 e. The van der Waals surface area contributed by atoms with Crippen LogP contribution in [0, 0.1) is 6.92 Å². The van der Waals surface area contributed by atoms with Crippen molar-refractivity contribution in [3.8, 4) is 5.75 Å². The fourth-order valence-electron chi connectivity index (χ4n) is 3.16. The molecule has 4 nitrogen and oxygen atoms in total. The summed E-state index contributed by atoms with van der Waals surface area (Å²) >= 11 is 0. The van der Waals surface area contributed by atoms with Gasteiger partial charge in [0.1, 0.15) is 11.9 Å². The maximum absolute atomic E-state index is 11.5. The molecule has 1 amide bonds. The van der Waals surface area contributed by atoms with Gasteiger partial charge in [0.15, 0.2) is 0 Å². The van der Waals surface area contributed by atoms with Crippen molar-refractivity contribution in [2.75, 3.05) is 13.1 Å². The van der Waals surface area contributed by atoms with Gasteiger partial charge in [-0.3, -0.25) is 9.69 Å². The van der Waals surface area contributed by atoms with E-state index < -0.39 is 5.91 Å². The number of likely N-dealkylation sites (tertiary alicyclic amines) is 1. The zero-order valence-electron chi connectivity index (χ0n) is 14.1. The van der Waals surface area contributed by atoms with Crippen molar-refractivity contribution in [1.82, 2.24) is 4.90 Å². The van der Waals surface area contributed by atoms with Crippen molar-refractivity contribution < 1.29 is 9.53 Å². The molecule has 126 valence electrons. The van der Waals surface area contributed by atoms with Crippen LogP contribution in [0.25, 0.3) is 0 Å². The Morgan fingerprint density at radius 1 is 1.21 bits per heavy atom. The number of hydrogen-bond acceptors (Lipinski definition) is 3. The molecule has 24 heavy (non-hydrogen) atoms. The molecular weight excluding hydrogens is 300 g/mol. The number of piperidine rings is 1. The third kappa shape index (κ3) is 4.15. The minimum absolute atomic E-state index is 0.0877. The molecule has 0 aliphatic carbocycles. The SMILES string of the molecule is Cc1ccc(CN2CCCC(Oc3ccccc3C(N)=O)C2)cc1. The zero-order chi connectivity index (χ0) is 16.9. The average molecular weight is 324 g/mol. The number of primary amides is 1. The Morgan fingerprint density at radius 2 is 1.96 bits per heavy atom. The lowest BCUT2D eigenvalue weighted by Crippen LogP contribution is -2.40. The molecule has 2 aromatic rings. The first-order valence-corrected chi connectivity index (χ1v) is 8.45. The Bertz CT molecular complexity index is 697. The van der Waals surface area contributed by atoms with Crippen molar-refractivity contribution in [2.24, 2.45) is 5.73 Å². The molecule has 1 heterocycles. The summed E-state index contributed by atoms with van der Waals surface area (Å²) in [6.07, 6.45) is 2.18. The van der Waals surface area contributed by atoms with Crippen LogP contribution in [0.3, 0.4) is 0 Å². The Balaban J connectivity index is 1.63. The molecule has 2 N–H and O–H groups in total. The summed E-state index contributed by atoms with van der Waals surface area (Å²) in [5, 5.41) is 0. The van der Waals surface area contributed by atoms with Gasteiger partial charge >= 0.3 is 0 Å². The number of carbonyl (C=O) groups is 1. The highest BCUT2D eigenvalue weighted by atomic mass is 16.5. The third-order valence-electron chi connectivity index (χ3n) is 4.44. The van der Waals surface area contributed by atoms with Crippen LogP contribution >= 0.6 is 0 Å². The summed E-state index contributed by atoms with van der Waals surface area (Å²) in [7, 11) is 0. The predicted molar refractivity (Wildman–Crippen MR) is 95.1 cm³/mol. The van der Waals surface area contributed by atoms with Crippen molar-refractivity contribution in [2.45, 2.75) is 32.4 Å². The van der Waals surface area contributed by atoms with E-state index in [9.17, 15) is 4.79 Å². The number of ether oxygens (including phenoxy) is 1. The van der Waals surface area contributed by atoms with Crippen molar-refractivity contribution in [1.29, 1.82) is 0 Å². The van der Waals surface area contributed by atoms with Crippen molar-refractivity contribution in [3.63, 3.8) is 0 Å². The van der Waals surface area contributed by atoms with Gasteiger partial charge in [-0.25, -0.2) is 0 Å². The molecule has 1 saturated heterocycles. The molecule has 1 aliphatic heterocycles. The standard InChI is InChI=1S/C20H24N2O2/c1-15-8-10-16(11-9-15)13-22-12-4-5-17(14-22)24-19-7-3-2-6-18(19)20(21)23/h2-3,6-11,17H,4-5,12-14H2,1H3,(H2,21,23). The minimum atomic E-state index is -0.446. The Hall–Kier alpha value is -2.33. The smallest absolute Gasteiger partial charge is 0.252 e. The lowest BCUT2D eigenvalue weighted by atomic mass is 10.1. The maximum atomic E-state index is 11.5. The van der Waals surface area contributed by atoms with E-state index in [-0.39, 0.29) is 6.10 Å². The van der Waals surface area contributed by atoms with E-state index >= 15 is 0 Å². The van der Waals surface area contributed by atoms with Crippen LogP contribution in [0.4, 0.5) is 0 Å². The van der Waals surface area contributed by atoms with Gasteiger partial charge in [0.05, 0.1) is 5.56 Å². The Labute approximate surface area is 143 Å². The summed E-state index contributed by atoms with van der Waals surface area (Å²) in [5.74, 6) is 0.144. The summed E-state index contributed by atoms with van der Waals surface area (Å²) in [4.78, 5) is 13.9. The summed E-state index contributed by atoms with van der Waals surface area (Å²) in [5.41, 5.74) is 8.48. The number of nitrogens with zero attached hydrogens (tertiary/aromatic N) is 1. The van der Waals surface area contributed by atoms with Gasteiger partial charge in [-0.2, -0.15) is 0 Å². The van der Waals surface area contributed by atoms with E-state index in [0.717, 1.165) is 32.5 Å². The monoisotopic (exact) mass is 324 g/mol. The molecule has 0 spiro atoms. The number of aryl methyl sites for hydroxylation is 1. The van der Waals surface area contributed by atoms with E-state index in [2.05, 4.69) is 36.1 Å². The molecule has 0 aromatic heterocycles. The lowest BCUT2D eigenvalue weighted by molar-refractivity contribution is 0.0819. The predicted octanol–water partition coefficient (Wildman–Crippen LogP) is 3.14. The van der Waals surface area contributed by atoms with Gasteiger partial charge in [-0.15, -0.1) is 0 Å². The molecule has 1 unspecified atom stereocenters. The molecule has 0 bridgehead atoms. The minimum Gasteiger partial charge on any atom is -0.488 e. The number of hydrogen-bond donors (Lipinski definition) is 1. The second-order valence-electron chi connectivity index (χ2n) is 6.46. The zero-order valence-corrected chi connectivity index (χ0v) is 14.1. The van der Waals surface area contributed by atoms with Crippen LogP contribution in [0.5, 0.6) is 5.75 Å². The Morgan fingerprint density at radius 3 is 2.71 bits per heavy atom. The molecule has 3 rings (SSSR count). The first kappa shape index (κ1) is 16.5. The van der Waals surface area contributed by atoms with Gasteiger partial charge in [0.2, 0.25) is 0 Å². The highest BCUT2D eigenvalue weighted by molar-refractivity contribution is 5.95. The number of rotatable bonds is 5. The van der Waals surface area contributed by atoms with E-state index in [1.54, 1.807) is 12.1 Å². The van der Waals surface area contributed by atoms with Crippen molar-refractivity contribution in [3.05, 3.63) is 65.2 Å². The highest BCUT2D eigenvalue weighted by Crippen LogP contribution is 2.23. The number of amides is 1. The summed E-state index contributed by atoms with van der Waals surface area (Å²) in [6, 6.07) is 15.9. The first-order valence-electron chi connectivity index (χ1n) is 8.45. The van der Waals surface area contributed by atoms with Gasteiger partial charge in [-0.05, 0) is 44.0 Å². The lowest BCUT2D eigenvalue weighted by Gasteiger charge is -2.33. The fourth-order valence-corrected chi connectivity index (χ4v) is 3.16. The molecule has 2 aromatic carbocycles. The van der Waals surface area contributed by atoms with Gasteiger partial charge in [-0.1, -0.05) is 42.0 Å². The number of benzene rings is 2. The van der Waals surface area contributed by atoms with Gasteiger partial charge in [0, 0.05) is 13.1 Å². The molecule has 0 saturated carbocycles. The summed E-state index contributed by atoms with van der Waals surface area (Å²) in [6.45, 7) is 4.97. The normalized spacial score (nSPS) is 18.3. The van der Waals surface area contributed by atoms with Gasteiger partial charge in [0.25, 0.3) is 5.91 Å². The molecule has 1 aliphatic rings. The van der Waals surface area contributed by atoms with Crippen LogP contribution < -0.4 is 10.5 Å². The van der Waals surface area contributed by atoms with Crippen molar-refractivity contribution >= 4 is 5.91 Å². The topological polar surface area (TPSA) is 55.6 Å². The van der Waals surface area contributed by atoms with Crippen LogP contribution in [-0.4, -0.2) is 30.0 Å². The van der Waals surface area contributed by atoms with Gasteiger partial charge < -0.3 is 10.5 Å². The molecule has 4 heteroatoms. The quantitative estimate of drug-likeness (QED) is 0.919. The fraction of sp³-hybridized carbons (Fsp3) is 0.350. The second kappa shape index (κ2) is 7.49. The highest BCUT2D eigenvalue weighted by Gasteiger charge is 2.22.